The van der Waals surface area contributed by atoms with Gasteiger partial charge in [-0.1, -0.05) is 32.1 Å². The van der Waals surface area contributed by atoms with Crippen LogP contribution in [-0.2, 0) is 9.59 Å². The van der Waals surface area contributed by atoms with Crippen LogP contribution < -0.4 is 15.4 Å². The number of nitrogens with one attached hydrogen (secondary N) is 2. The predicted molar refractivity (Wildman–Crippen MR) is 124 cm³/mol. The second kappa shape index (κ2) is 8.09. The molecule has 2 amide bonds. The van der Waals surface area contributed by atoms with Crippen LogP contribution in [0.25, 0.3) is 0 Å². The van der Waals surface area contributed by atoms with E-state index >= 15 is 0 Å². The molecule has 1 aromatic carbocycles. The highest BCUT2D eigenvalue weighted by molar-refractivity contribution is 5.94. The van der Waals surface area contributed by atoms with Crippen LogP contribution in [0.5, 0.6) is 5.75 Å². The van der Waals surface area contributed by atoms with Gasteiger partial charge in [0.2, 0.25) is 11.6 Å². The summed E-state index contributed by atoms with van der Waals surface area (Å²) < 4.78 is 7.97. The van der Waals surface area contributed by atoms with E-state index in [0.29, 0.717) is 30.9 Å². The highest BCUT2D eigenvalue weighted by Gasteiger charge is 2.50. The van der Waals surface area contributed by atoms with E-state index in [4.69, 9.17) is 11.2 Å². The van der Waals surface area contributed by atoms with E-state index in [2.05, 4.69) is 16.6 Å². The van der Waals surface area contributed by atoms with Crippen LogP contribution in [0.2, 0.25) is 0 Å². The van der Waals surface area contributed by atoms with Crippen molar-refractivity contribution in [1.82, 2.24) is 10.6 Å². The first-order valence-corrected chi connectivity index (χ1v) is 12.1. The summed E-state index contributed by atoms with van der Waals surface area (Å²) in [5, 5.41) is 16.3. The third-order valence-electron chi connectivity index (χ3n) is 7.74. The molecule has 2 aliphatic carbocycles. The third-order valence-corrected chi connectivity index (χ3v) is 7.74. The second-order valence-corrected chi connectivity index (χ2v) is 10.0. The Kier molecular flexibility index (Phi) is 5.35. The van der Waals surface area contributed by atoms with E-state index < -0.39 is 17.2 Å². The predicted octanol–water partition coefficient (Wildman–Crippen LogP) is 3.05. The van der Waals surface area contributed by atoms with E-state index in [0.717, 1.165) is 56.3 Å². The van der Waals surface area contributed by atoms with Crippen LogP contribution in [0, 0.1) is 12.3 Å². The van der Waals surface area contributed by atoms with Gasteiger partial charge in [-0.25, -0.2) is 0 Å². The molecule has 0 spiro atoms. The SMILES string of the molecule is C#CC1(NC(=O)C2(NC(=O)C3Oc4ccc([N+]5=C(O)CCC5)cc4C3C)CCCCC2)CC1. The maximum atomic E-state index is 13.4. The topological polar surface area (TPSA) is 90.7 Å². The van der Waals surface area contributed by atoms with Crippen molar-refractivity contribution in [2.75, 3.05) is 6.54 Å². The van der Waals surface area contributed by atoms with Crippen LogP contribution >= 0.6 is 0 Å². The Hall–Kier alpha value is -3.01. The lowest BCUT2D eigenvalue weighted by Crippen LogP contribution is -2.63. The van der Waals surface area contributed by atoms with Gasteiger partial charge in [0.15, 0.2) is 12.6 Å². The van der Waals surface area contributed by atoms with Crippen molar-refractivity contribution in [3.63, 3.8) is 0 Å². The molecule has 2 fully saturated rings. The van der Waals surface area contributed by atoms with Gasteiger partial charge in [0.1, 0.15) is 16.8 Å². The van der Waals surface area contributed by atoms with Gasteiger partial charge in [-0.3, -0.25) is 9.59 Å². The van der Waals surface area contributed by atoms with Gasteiger partial charge >= 0.3 is 5.90 Å². The van der Waals surface area contributed by atoms with E-state index in [-0.39, 0.29) is 17.7 Å². The molecule has 0 radical (unpaired) electrons. The first kappa shape index (κ1) is 21.8. The van der Waals surface area contributed by atoms with Crippen LogP contribution in [-0.4, -0.2) is 51.1 Å². The number of ether oxygens (including phenoxy) is 1. The number of hydrogen-bond acceptors (Lipinski definition) is 3. The molecule has 33 heavy (non-hydrogen) atoms. The summed E-state index contributed by atoms with van der Waals surface area (Å²) in [6.45, 7) is 2.75. The van der Waals surface area contributed by atoms with Gasteiger partial charge < -0.3 is 20.5 Å². The number of aliphatic hydroxyl groups is 1. The monoisotopic (exact) mass is 450 g/mol. The molecular weight excluding hydrogens is 418 g/mol. The molecule has 2 unspecified atom stereocenters. The molecule has 5 rings (SSSR count). The minimum atomic E-state index is -0.943. The van der Waals surface area contributed by atoms with Crippen molar-refractivity contribution in [2.24, 2.45) is 0 Å². The first-order valence-electron chi connectivity index (χ1n) is 12.1. The molecule has 7 heteroatoms. The zero-order valence-electron chi connectivity index (χ0n) is 19.2. The van der Waals surface area contributed by atoms with E-state index in [1.54, 1.807) is 0 Å². The lowest BCUT2D eigenvalue weighted by atomic mass is 9.80. The van der Waals surface area contributed by atoms with Gasteiger partial charge in [-0.15, -0.1) is 6.42 Å². The summed E-state index contributed by atoms with van der Waals surface area (Å²) in [4.78, 5) is 26.7. The smallest absolute Gasteiger partial charge is 0.339 e. The number of nitrogens with zero attached hydrogens (tertiary/aromatic N) is 1. The lowest BCUT2D eigenvalue weighted by molar-refractivity contribution is -0.439. The Balaban J connectivity index is 1.34. The van der Waals surface area contributed by atoms with Crippen LogP contribution in [0.4, 0.5) is 5.69 Å². The summed E-state index contributed by atoms with van der Waals surface area (Å²) in [6, 6.07) is 5.78. The lowest BCUT2D eigenvalue weighted by Gasteiger charge is -2.38. The van der Waals surface area contributed by atoms with Crippen molar-refractivity contribution < 1.29 is 24.0 Å². The zero-order valence-corrected chi connectivity index (χ0v) is 19.2. The number of terminal acetylenes is 1. The molecule has 3 N–H and O–H groups in total. The summed E-state index contributed by atoms with van der Waals surface area (Å²) in [6.07, 6.45) is 12.1. The van der Waals surface area contributed by atoms with Crippen LogP contribution in [0.3, 0.4) is 0 Å². The fourth-order valence-corrected chi connectivity index (χ4v) is 5.43. The maximum absolute atomic E-state index is 13.4. The van der Waals surface area contributed by atoms with Crippen molar-refractivity contribution in [3.8, 4) is 18.1 Å². The Morgan fingerprint density at radius 1 is 1.15 bits per heavy atom. The molecule has 174 valence electrons. The molecule has 1 aromatic rings. The Bertz CT molecular complexity index is 1060. The molecule has 0 bridgehead atoms. The number of amides is 2. The molecule has 4 aliphatic rings. The maximum Gasteiger partial charge on any atom is 0.339 e. The number of hydrogen-bond donors (Lipinski definition) is 3. The molecule has 2 saturated carbocycles. The molecule has 0 saturated heterocycles. The van der Waals surface area contributed by atoms with E-state index in [1.165, 1.54) is 0 Å². The first-order chi connectivity index (χ1) is 15.9. The molecule has 2 aliphatic heterocycles. The Morgan fingerprint density at radius 3 is 2.55 bits per heavy atom. The molecule has 7 nitrogen and oxygen atoms in total. The van der Waals surface area contributed by atoms with Crippen molar-refractivity contribution in [2.45, 2.75) is 87.8 Å². The molecule has 2 heterocycles. The minimum absolute atomic E-state index is 0.170. The van der Waals surface area contributed by atoms with E-state index in [1.807, 2.05) is 29.7 Å². The van der Waals surface area contributed by atoms with Gasteiger partial charge in [0.25, 0.3) is 5.91 Å². The number of carbonyl (C=O) groups excluding carboxylic acids is 2. The average molecular weight is 451 g/mol. The highest BCUT2D eigenvalue weighted by Crippen LogP contribution is 2.41. The summed E-state index contributed by atoms with van der Waals surface area (Å²) in [7, 11) is 0. The number of benzene rings is 1. The van der Waals surface area contributed by atoms with Gasteiger partial charge in [-0.05, 0) is 31.7 Å². The highest BCUT2D eigenvalue weighted by atomic mass is 16.5. The minimum Gasteiger partial charge on any atom is -0.480 e. The summed E-state index contributed by atoms with van der Waals surface area (Å²) in [5.41, 5.74) is 0.362. The zero-order chi connectivity index (χ0) is 23.2. The van der Waals surface area contributed by atoms with Crippen molar-refractivity contribution in [1.29, 1.82) is 0 Å². The Morgan fingerprint density at radius 2 is 1.91 bits per heavy atom. The fourth-order valence-electron chi connectivity index (χ4n) is 5.43. The third kappa shape index (κ3) is 3.86. The van der Waals surface area contributed by atoms with Gasteiger partial charge in [-0.2, -0.15) is 4.58 Å². The number of aliphatic hydroxyl groups excluding tert-OH is 1. The molecular formula is C26H32N3O4+. The van der Waals surface area contributed by atoms with Crippen molar-refractivity contribution in [3.05, 3.63) is 23.8 Å². The second-order valence-electron chi connectivity index (χ2n) is 10.0. The van der Waals surface area contributed by atoms with Crippen LogP contribution in [0.15, 0.2) is 18.2 Å². The average Bonchev–Trinajstić information content (AvgIpc) is 3.33. The standard InChI is InChI=1S/C26H31N3O4/c1-3-25(13-14-25)28-24(32)26(11-5-4-6-12-26)27-23(31)22-17(2)19-16-18(9-10-20(19)33-22)29-15-7-8-21(29)30/h1,9-10,16-17,22H,4-8,11-15H2,2H3,(H2,27,28,31,32)/p+1. The van der Waals surface area contributed by atoms with Crippen LogP contribution in [0.1, 0.15) is 76.2 Å². The molecule has 0 aromatic heterocycles. The van der Waals surface area contributed by atoms with E-state index in [9.17, 15) is 14.7 Å². The largest absolute Gasteiger partial charge is 0.480 e. The number of carbonyl (C=O) groups is 2. The molecule has 2 atom stereocenters. The quantitative estimate of drug-likeness (QED) is 0.475. The number of fused-ring (bicyclic) bond motifs is 1. The summed E-state index contributed by atoms with van der Waals surface area (Å²) >= 11 is 0. The van der Waals surface area contributed by atoms with Gasteiger partial charge in [0.05, 0.1) is 6.42 Å². The van der Waals surface area contributed by atoms with Crippen molar-refractivity contribution >= 4 is 23.4 Å². The normalized spacial score (nSPS) is 26.7. The number of rotatable bonds is 5. The summed E-state index contributed by atoms with van der Waals surface area (Å²) in [5.74, 6) is 3.15. The van der Waals surface area contributed by atoms with Gasteiger partial charge in [0, 0.05) is 30.0 Å². The Labute approximate surface area is 194 Å². The fraction of sp³-hybridized carbons (Fsp3) is 0.577.